The first-order valence-electron chi connectivity index (χ1n) is 28.2. The van der Waals surface area contributed by atoms with Crippen molar-refractivity contribution in [3.63, 3.8) is 0 Å². The molecule has 10 fully saturated rings. The van der Waals surface area contributed by atoms with Crippen molar-refractivity contribution in [1.29, 1.82) is 0 Å². The van der Waals surface area contributed by atoms with E-state index in [0.717, 1.165) is 19.4 Å². The molecule has 75 heavy (non-hydrogen) atoms. The summed E-state index contributed by atoms with van der Waals surface area (Å²) in [5, 5.41) is 14.7. The molecule has 23 heteroatoms. The van der Waals surface area contributed by atoms with Crippen molar-refractivity contribution >= 4 is 65.0 Å². The average molecular weight is 1050 g/mol. The molecule has 23 nitrogen and oxygen atoms in total. The topological polar surface area (TPSA) is 261 Å². The molecule has 410 valence electrons. The van der Waals surface area contributed by atoms with Gasteiger partial charge in [0.15, 0.2) is 0 Å². The summed E-state index contributed by atoms with van der Waals surface area (Å²) in [6.07, 6.45) is 10.7. The van der Waals surface area contributed by atoms with Gasteiger partial charge in [0, 0.05) is 58.9 Å². The van der Waals surface area contributed by atoms with Gasteiger partial charge in [-0.25, -0.2) is 0 Å². The van der Waals surface area contributed by atoms with Gasteiger partial charge in [-0.15, -0.1) is 0 Å². The van der Waals surface area contributed by atoms with Gasteiger partial charge in [-0.05, 0) is 135 Å². The fourth-order valence-electron chi connectivity index (χ4n) is 14.5. The Morgan fingerprint density at radius 2 is 0.547 bits per heavy atom. The lowest BCUT2D eigenvalue weighted by Crippen LogP contribution is -2.59. The number of carboxylic acid groups (broad SMARTS) is 1. The number of hydrogen-bond donors (Lipinski definition) is 3. The summed E-state index contributed by atoms with van der Waals surface area (Å²) < 4.78 is 0. The van der Waals surface area contributed by atoms with E-state index >= 15 is 0 Å². The van der Waals surface area contributed by atoms with Gasteiger partial charge in [-0.1, -0.05) is 0 Å². The molecular formula is C52H75N11O12. The first-order chi connectivity index (χ1) is 36.2. The van der Waals surface area contributed by atoms with Gasteiger partial charge in [-0.3, -0.25) is 52.7 Å². The maximum Gasteiger partial charge on any atom is 0.322 e. The van der Waals surface area contributed by atoms with E-state index in [-0.39, 0.29) is 59.2 Å². The number of carboxylic acids is 1. The molecule has 3 N–H and O–H groups in total. The van der Waals surface area contributed by atoms with Crippen molar-refractivity contribution in [3.05, 3.63) is 0 Å². The number of likely N-dealkylation sites (tertiary alicyclic amines) is 9. The smallest absolute Gasteiger partial charge is 0.322 e. The molecule has 0 aromatic carbocycles. The van der Waals surface area contributed by atoms with E-state index in [1.807, 2.05) is 0 Å². The molecule has 0 aromatic rings. The number of carbonyl (C=O) groups excluding carboxylic acids is 10. The second-order valence-electron chi connectivity index (χ2n) is 22.5. The summed E-state index contributed by atoms with van der Waals surface area (Å²) in [5.74, 6) is -4.32. The summed E-state index contributed by atoms with van der Waals surface area (Å²) in [5.41, 5.74) is 0. The molecule has 0 unspecified atom stereocenters. The highest BCUT2D eigenvalue weighted by Gasteiger charge is 2.52. The van der Waals surface area contributed by atoms with Gasteiger partial charge in [0.1, 0.15) is 60.9 Å². The molecule has 10 atom stereocenters. The van der Waals surface area contributed by atoms with Crippen LogP contribution in [0.4, 0.5) is 0 Å². The molecule has 10 rings (SSSR count). The van der Waals surface area contributed by atoms with Gasteiger partial charge in [0.05, 0.1) is 6.04 Å². The molecule has 0 aromatic heterocycles. The Hall–Kier alpha value is -5.87. The highest BCUT2D eigenvalue weighted by atomic mass is 16.4. The monoisotopic (exact) mass is 1050 g/mol. The van der Waals surface area contributed by atoms with Crippen LogP contribution in [0.15, 0.2) is 0 Å². The third kappa shape index (κ3) is 10.1. The van der Waals surface area contributed by atoms with Crippen molar-refractivity contribution < 1.29 is 57.8 Å². The van der Waals surface area contributed by atoms with Crippen LogP contribution in [-0.4, -0.2) is 247 Å². The minimum Gasteiger partial charge on any atom is -0.480 e. The number of rotatable bonds is 12. The van der Waals surface area contributed by atoms with Crippen molar-refractivity contribution in [2.45, 2.75) is 189 Å². The zero-order valence-corrected chi connectivity index (χ0v) is 43.2. The minimum atomic E-state index is -1.20. The van der Waals surface area contributed by atoms with E-state index in [4.69, 9.17) is 5.11 Å². The molecule has 0 radical (unpaired) electrons. The summed E-state index contributed by atoms with van der Waals surface area (Å²) in [6, 6.07) is -7.45. The summed E-state index contributed by atoms with van der Waals surface area (Å²) in [4.78, 5) is 167. The first kappa shape index (κ1) is 52.6. The zero-order chi connectivity index (χ0) is 52.7. The standard InChI is InChI=1S/C52H75N11O12/c64-42(65)31-54-43(66)33-12-2-22-55(33)45(68)35-14-4-24-57(35)47(70)37-16-6-26-59(37)49(72)39-18-8-28-61(39)51(74)41-20-10-30-63(41)52(75)40-19-9-29-62(40)50(73)38-17-7-27-60(38)48(71)36-15-5-25-58(36)46(69)34-13-3-23-56(34)44(67)32-11-1-21-53-32/h32-41,53H,1-31H2,(H,54,66)(H,64,65)/t32-,33-,34-,35-,36-,37-,38-,39-,40-,41-/m1/s1. The quantitative estimate of drug-likeness (QED) is 0.209. The summed E-state index contributed by atoms with van der Waals surface area (Å²) >= 11 is 0. The molecule has 10 aliphatic rings. The van der Waals surface area contributed by atoms with Crippen LogP contribution in [0.25, 0.3) is 0 Å². The van der Waals surface area contributed by atoms with Crippen molar-refractivity contribution in [2.24, 2.45) is 0 Å². The van der Waals surface area contributed by atoms with Gasteiger partial charge < -0.3 is 59.8 Å². The lowest BCUT2D eigenvalue weighted by atomic mass is 10.1. The maximum absolute atomic E-state index is 14.7. The number of carbonyl (C=O) groups is 11. The molecule has 0 aliphatic carbocycles. The van der Waals surface area contributed by atoms with Gasteiger partial charge in [-0.2, -0.15) is 0 Å². The summed E-state index contributed by atoms with van der Waals surface area (Å²) in [7, 11) is 0. The number of hydrogen-bond acceptors (Lipinski definition) is 12. The second kappa shape index (κ2) is 22.4. The number of aliphatic carboxylic acids is 1. The minimum absolute atomic E-state index is 0.0580. The normalized spacial score (nSPS) is 31.9. The van der Waals surface area contributed by atoms with E-state index in [2.05, 4.69) is 10.6 Å². The molecule has 10 aliphatic heterocycles. The molecule has 10 amide bonds. The molecule has 0 saturated carbocycles. The second-order valence-corrected chi connectivity index (χ2v) is 22.5. The van der Waals surface area contributed by atoms with Crippen molar-refractivity contribution in [2.75, 3.05) is 72.0 Å². The maximum atomic E-state index is 14.7. The van der Waals surface area contributed by atoms with Gasteiger partial charge in [0.25, 0.3) is 0 Å². The number of nitrogens with zero attached hydrogens (tertiary/aromatic N) is 9. The Labute approximate surface area is 437 Å². The lowest BCUT2D eigenvalue weighted by Gasteiger charge is -2.37. The Bertz CT molecular complexity index is 2310. The van der Waals surface area contributed by atoms with Crippen LogP contribution in [0.3, 0.4) is 0 Å². The largest absolute Gasteiger partial charge is 0.480 e. The summed E-state index contributed by atoms with van der Waals surface area (Å²) in [6.45, 7) is 3.32. The molecule has 0 bridgehead atoms. The first-order valence-corrected chi connectivity index (χ1v) is 28.2. The molecule has 10 heterocycles. The van der Waals surface area contributed by atoms with Crippen LogP contribution in [0.1, 0.15) is 128 Å². The Balaban J connectivity index is 0.761. The molecule has 10 saturated heterocycles. The van der Waals surface area contributed by atoms with E-state index in [1.54, 1.807) is 34.3 Å². The van der Waals surface area contributed by atoms with Crippen molar-refractivity contribution in [1.82, 2.24) is 54.7 Å². The Kier molecular flexibility index (Phi) is 15.7. The van der Waals surface area contributed by atoms with Gasteiger partial charge in [0.2, 0.25) is 59.1 Å². The van der Waals surface area contributed by atoms with Crippen molar-refractivity contribution in [3.8, 4) is 0 Å². The van der Waals surface area contributed by atoms with Gasteiger partial charge >= 0.3 is 5.97 Å². The van der Waals surface area contributed by atoms with E-state index < -0.39 is 72.8 Å². The van der Waals surface area contributed by atoms with E-state index in [0.29, 0.717) is 174 Å². The third-order valence-corrected chi connectivity index (χ3v) is 18.2. The predicted octanol–water partition coefficient (Wildman–Crippen LogP) is -1.14. The third-order valence-electron chi connectivity index (χ3n) is 18.2. The van der Waals surface area contributed by atoms with Crippen LogP contribution in [0, 0.1) is 0 Å². The molecular weight excluding hydrogens is 971 g/mol. The fourth-order valence-corrected chi connectivity index (χ4v) is 14.5. The van der Waals surface area contributed by atoms with E-state index in [1.165, 1.54) is 9.80 Å². The fraction of sp³-hybridized carbons (Fsp3) is 0.788. The van der Waals surface area contributed by atoms with Crippen LogP contribution in [-0.2, 0) is 52.7 Å². The number of amides is 10. The van der Waals surface area contributed by atoms with Crippen LogP contribution in [0.5, 0.6) is 0 Å². The zero-order valence-electron chi connectivity index (χ0n) is 43.2. The Morgan fingerprint density at radius 3 is 0.773 bits per heavy atom. The highest BCUT2D eigenvalue weighted by molar-refractivity contribution is 6.00. The molecule has 0 spiro atoms. The van der Waals surface area contributed by atoms with Crippen LogP contribution < -0.4 is 10.6 Å². The SMILES string of the molecule is O=C(O)CNC(=O)[C@H]1CCCN1C(=O)[C@H]1CCCN1C(=O)[C@H]1CCCN1C(=O)[C@H]1CCCN1C(=O)[C@H]1CCCN1C(=O)[C@H]1CCCN1C(=O)[C@H]1CCCN1C(=O)[C@H]1CCCN1C(=O)[C@H]1CCCN1C(=O)[C@H]1CCCN1. The Morgan fingerprint density at radius 1 is 0.320 bits per heavy atom. The van der Waals surface area contributed by atoms with Crippen LogP contribution >= 0.6 is 0 Å². The number of nitrogens with one attached hydrogen (secondary N) is 2. The highest BCUT2D eigenvalue weighted by Crippen LogP contribution is 2.35. The predicted molar refractivity (Wildman–Crippen MR) is 264 cm³/mol. The van der Waals surface area contributed by atoms with Crippen LogP contribution in [0.2, 0.25) is 0 Å². The van der Waals surface area contributed by atoms with E-state index in [9.17, 15) is 52.7 Å². The lowest BCUT2D eigenvalue weighted by molar-refractivity contribution is -0.155. The average Bonchev–Trinajstić information content (AvgIpc) is 4.27.